The van der Waals surface area contributed by atoms with Crippen molar-refractivity contribution >= 4 is 11.4 Å². The lowest BCUT2D eigenvalue weighted by Crippen LogP contribution is -2.04. The van der Waals surface area contributed by atoms with E-state index >= 15 is 0 Å². The van der Waals surface area contributed by atoms with Gasteiger partial charge in [-0.05, 0) is 12.1 Å². The lowest BCUT2D eigenvalue weighted by atomic mass is 10.2. The molecule has 84 valence electrons. The second-order valence-corrected chi connectivity index (χ2v) is 2.99. The highest BCUT2D eigenvalue weighted by Crippen LogP contribution is 2.34. The van der Waals surface area contributed by atoms with E-state index in [-0.39, 0.29) is 11.4 Å². The number of nitro benzene ring substituents is 1. The number of benzene rings is 1. The molecule has 0 radical (unpaired) electrons. The van der Waals surface area contributed by atoms with Crippen LogP contribution in [0, 0.1) is 22.5 Å². The fraction of sp³-hybridized carbons (Fsp3) is 0.273. The molecule has 0 heterocycles. The molecule has 1 aromatic rings. The van der Waals surface area contributed by atoms with E-state index in [9.17, 15) is 10.1 Å². The Labute approximate surface area is 93.6 Å². The maximum atomic E-state index is 10.9. The monoisotopic (exact) mass is 220 g/mol. The second kappa shape index (κ2) is 5.61. The number of nitrogens with zero attached hydrogens (tertiary/aromatic N) is 1. The predicted molar refractivity (Wildman–Crippen MR) is 61.6 cm³/mol. The summed E-state index contributed by atoms with van der Waals surface area (Å²) in [5.41, 5.74) is 0.349. The molecule has 1 N–H and O–H groups in total. The molecule has 0 fully saturated rings. The van der Waals surface area contributed by atoms with Crippen molar-refractivity contribution in [3.63, 3.8) is 0 Å². The summed E-state index contributed by atoms with van der Waals surface area (Å²) >= 11 is 0. The van der Waals surface area contributed by atoms with Crippen molar-refractivity contribution in [3.8, 4) is 18.1 Å². The van der Waals surface area contributed by atoms with Gasteiger partial charge in [0.15, 0.2) is 5.75 Å². The molecule has 0 aliphatic rings. The molecule has 0 aliphatic carbocycles. The summed E-state index contributed by atoms with van der Waals surface area (Å²) in [6.45, 7) is 0.491. The van der Waals surface area contributed by atoms with E-state index in [2.05, 4.69) is 11.2 Å². The molecule has 5 nitrogen and oxygen atoms in total. The average Bonchev–Trinajstić information content (AvgIpc) is 2.28. The first-order valence-corrected chi connectivity index (χ1v) is 4.69. The number of hydrogen-bond donors (Lipinski definition) is 1. The molecule has 16 heavy (non-hydrogen) atoms. The van der Waals surface area contributed by atoms with Crippen LogP contribution in [0.15, 0.2) is 18.2 Å². The first kappa shape index (κ1) is 11.9. The van der Waals surface area contributed by atoms with Gasteiger partial charge in [0, 0.05) is 13.0 Å². The summed E-state index contributed by atoms with van der Waals surface area (Å²) in [4.78, 5) is 10.4. The molecule has 0 atom stereocenters. The molecule has 0 spiro atoms. The normalized spacial score (nSPS) is 9.25. The molecule has 1 aromatic carbocycles. The van der Waals surface area contributed by atoms with Crippen LogP contribution in [-0.4, -0.2) is 18.6 Å². The SMILES string of the molecule is C#CCCNc1cccc(OC)c1[N+](=O)[O-]. The van der Waals surface area contributed by atoms with Crippen LogP contribution < -0.4 is 10.1 Å². The number of methoxy groups -OCH3 is 1. The quantitative estimate of drug-likeness (QED) is 0.357. The summed E-state index contributed by atoms with van der Waals surface area (Å²) in [6, 6.07) is 4.85. The number of nitrogens with one attached hydrogen (secondary N) is 1. The zero-order valence-electron chi connectivity index (χ0n) is 8.90. The van der Waals surface area contributed by atoms with Gasteiger partial charge < -0.3 is 10.1 Å². The van der Waals surface area contributed by atoms with E-state index in [0.717, 1.165) is 0 Å². The third kappa shape index (κ3) is 2.64. The van der Waals surface area contributed by atoms with Gasteiger partial charge in [-0.1, -0.05) is 6.07 Å². The van der Waals surface area contributed by atoms with E-state index in [0.29, 0.717) is 18.7 Å². The maximum Gasteiger partial charge on any atom is 0.333 e. The number of rotatable bonds is 5. The van der Waals surface area contributed by atoms with Gasteiger partial charge in [0.05, 0.1) is 12.0 Å². The van der Waals surface area contributed by atoms with Gasteiger partial charge >= 0.3 is 5.69 Å². The third-order valence-electron chi connectivity index (χ3n) is 1.99. The van der Waals surface area contributed by atoms with Crippen LogP contribution in [0.1, 0.15) is 6.42 Å². The Morgan fingerprint density at radius 1 is 1.62 bits per heavy atom. The second-order valence-electron chi connectivity index (χ2n) is 2.99. The number of hydrogen-bond acceptors (Lipinski definition) is 4. The smallest absolute Gasteiger partial charge is 0.333 e. The van der Waals surface area contributed by atoms with E-state index in [1.54, 1.807) is 18.2 Å². The fourth-order valence-electron chi connectivity index (χ4n) is 1.29. The lowest BCUT2D eigenvalue weighted by molar-refractivity contribution is -0.384. The zero-order valence-corrected chi connectivity index (χ0v) is 8.90. The largest absolute Gasteiger partial charge is 0.490 e. The number of ether oxygens (including phenoxy) is 1. The van der Waals surface area contributed by atoms with Crippen molar-refractivity contribution in [3.05, 3.63) is 28.3 Å². The van der Waals surface area contributed by atoms with Crippen LogP contribution in [0.4, 0.5) is 11.4 Å². The van der Waals surface area contributed by atoms with Crippen LogP contribution in [0.5, 0.6) is 5.75 Å². The van der Waals surface area contributed by atoms with Crippen LogP contribution in [-0.2, 0) is 0 Å². The van der Waals surface area contributed by atoms with Crippen LogP contribution in [0.2, 0.25) is 0 Å². The van der Waals surface area contributed by atoms with E-state index in [4.69, 9.17) is 11.2 Å². The topological polar surface area (TPSA) is 64.4 Å². The Kier molecular flexibility index (Phi) is 4.16. The number of anilines is 1. The minimum atomic E-state index is -0.475. The number of nitro groups is 1. The third-order valence-corrected chi connectivity index (χ3v) is 1.99. The number of para-hydroxylation sites is 1. The molecule has 1 rings (SSSR count). The summed E-state index contributed by atoms with van der Waals surface area (Å²) in [5, 5.41) is 13.8. The molecule has 0 saturated heterocycles. The van der Waals surface area contributed by atoms with Gasteiger partial charge in [-0.25, -0.2) is 0 Å². The van der Waals surface area contributed by atoms with Crippen molar-refractivity contribution in [1.29, 1.82) is 0 Å². The van der Waals surface area contributed by atoms with Crippen LogP contribution >= 0.6 is 0 Å². The molecule has 0 saturated carbocycles. The Hall–Kier alpha value is -2.22. The molecule has 0 bridgehead atoms. The summed E-state index contributed by atoms with van der Waals surface area (Å²) in [7, 11) is 1.40. The van der Waals surface area contributed by atoms with Gasteiger partial charge in [-0.2, -0.15) is 0 Å². The highest BCUT2D eigenvalue weighted by atomic mass is 16.6. The fourth-order valence-corrected chi connectivity index (χ4v) is 1.29. The van der Waals surface area contributed by atoms with Crippen molar-refractivity contribution in [1.82, 2.24) is 0 Å². The van der Waals surface area contributed by atoms with Gasteiger partial charge in [-0.15, -0.1) is 12.3 Å². The molecule has 0 amide bonds. The molecule has 0 unspecified atom stereocenters. The Morgan fingerprint density at radius 2 is 2.38 bits per heavy atom. The predicted octanol–water partition coefficient (Wildman–Crippen LogP) is 2.04. The van der Waals surface area contributed by atoms with Crippen molar-refractivity contribution in [2.45, 2.75) is 6.42 Å². The first-order valence-electron chi connectivity index (χ1n) is 4.69. The minimum Gasteiger partial charge on any atom is -0.490 e. The van der Waals surface area contributed by atoms with Gasteiger partial charge in [0.2, 0.25) is 0 Å². The first-order chi connectivity index (χ1) is 7.70. The average molecular weight is 220 g/mol. The van der Waals surface area contributed by atoms with Crippen molar-refractivity contribution in [2.24, 2.45) is 0 Å². The van der Waals surface area contributed by atoms with E-state index in [1.165, 1.54) is 7.11 Å². The standard InChI is InChI=1S/C11H12N2O3/c1-3-4-8-12-9-6-5-7-10(16-2)11(9)13(14)15/h1,5-7,12H,4,8H2,2H3. The molecule has 0 aliphatic heterocycles. The highest BCUT2D eigenvalue weighted by Gasteiger charge is 2.19. The van der Waals surface area contributed by atoms with Gasteiger partial charge in [0.1, 0.15) is 5.69 Å². The molecular weight excluding hydrogens is 208 g/mol. The van der Waals surface area contributed by atoms with Crippen LogP contribution in [0.25, 0.3) is 0 Å². The molecule has 5 heteroatoms. The van der Waals surface area contributed by atoms with Gasteiger partial charge in [0.25, 0.3) is 0 Å². The van der Waals surface area contributed by atoms with Crippen molar-refractivity contribution in [2.75, 3.05) is 19.0 Å². The van der Waals surface area contributed by atoms with Gasteiger partial charge in [-0.3, -0.25) is 10.1 Å². The summed E-state index contributed by atoms with van der Waals surface area (Å²) < 4.78 is 4.93. The zero-order chi connectivity index (χ0) is 12.0. The molecule has 0 aromatic heterocycles. The Bertz CT molecular complexity index is 424. The van der Waals surface area contributed by atoms with E-state index in [1.807, 2.05) is 0 Å². The highest BCUT2D eigenvalue weighted by molar-refractivity contribution is 5.68. The Morgan fingerprint density at radius 3 is 2.94 bits per heavy atom. The van der Waals surface area contributed by atoms with E-state index < -0.39 is 4.92 Å². The van der Waals surface area contributed by atoms with Crippen LogP contribution in [0.3, 0.4) is 0 Å². The minimum absolute atomic E-state index is 0.0676. The maximum absolute atomic E-state index is 10.9. The van der Waals surface area contributed by atoms with Crippen molar-refractivity contribution < 1.29 is 9.66 Å². The summed E-state index contributed by atoms with van der Waals surface area (Å²) in [6.07, 6.45) is 5.61. The lowest BCUT2D eigenvalue weighted by Gasteiger charge is -2.08. The number of terminal acetylenes is 1. The Balaban J connectivity index is 2.99. The summed E-state index contributed by atoms with van der Waals surface area (Å²) in [5.74, 6) is 2.68. The molecular formula is C11H12N2O3.